The molecule has 0 aromatic carbocycles. The number of aromatic nitrogens is 2. The van der Waals surface area contributed by atoms with Crippen LogP contribution in [0.5, 0.6) is 0 Å². The van der Waals surface area contributed by atoms with Gasteiger partial charge in [-0.3, -0.25) is 20.2 Å². The third kappa shape index (κ3) is 5.64. The van der Waals surface area contributed by atoms with Gasteiger partial charge in [0, 0.05) is 12.5 Å². The summed E-state index contributed by atoms with van der Waals surface area (Å²) in [5.74, 6) is -0.393. The second kappa shape index (κ2) is 9.43. The first kappa shape index (κ1) is 18.5. The lowest BCUT2D eigenvalue weighted by atomic mass is 10.1. The Kier molecular flexibility index (Phi) is 7.26. The SMILES string of the molecule is CCCCCCCCc1nnc(NC(=O)c2ccc([N+](=O)[O-])s2)s1. The number of amides is 1. The lowest BCUT2D eigenvalue weighted by Crippen LogP contribution is -2.09. The van der Waals surface area contributed by atoms with Crippen molar-refractivity contribution in [2.75, 3.05) is 5.32 Å². The molecule has 2 heterocycles. The fraction of sp³-hybridized carbons (Fsp3) is 0.533. The first-order valence-electron chi connectivity index (χ1n) is 7.98. The van der Waals surface area contributed by atoms with Crippen molar-refractivity contribution in [3.05, 3.63) is 32.1 Å². The average Bonchev–Trinajstić information content (AvgIpc) is 3.20. The first-order valence-corrected chi connectivity index (χ1v) is 9.61. The Bertz CT molecular complexity index is 684. The Balaban J connectivity index is 1.78. The van der Waals surface area contributed by atoms with Crippen LogP contribution in [0.15, 0.2) is 12.1 Å². The Labute approximate surface area is 148 Å². The van der Waals surface area contributed by atoms with E-state index in [1.54, 1.807) is 0 Å². The second-order valence-electron chi connectivity index (χ2n) is 5.37. The molecule has 0 radical (unpaired) electrons. The standard InChI is InChI=1S/C15H20N4O3S2/c1-2-3-4-5-6-7-8-12-17-18-15(24-12)16-14(20)11-9-10-13(23-11)19(21)22/h9-10H,2-8H2,1H3,(H,16,18,20). The lowest BCUT2D eigenvalue weighted by molar-refractivity contribution is -0.380. The number of unbranched alkanes of at least 4 members (excludes halogenated alkanes) is 5. The van der Waals surface area contributed by atoms with E-state index in [-0.39, 0.29) is 9.88 Å². The molecule has 0 atom stereocenters. The zero-order valence-electron chi connectivity index (χ0n) is 13.5. The van der Waals surface area contributed by atoms with Crippen LogP contribution in [-0.2, 0) is 6.42 Å². The summed E-state index contributed by atoms with van der Waals surface area (Å²) in [4.78, 5) is 22.5. The molecule has 0 saturated carbocycles. The molecule has 0 spiro atoms. The molecule has 1 amide bonds. The molecule has 0 fully saturated rings. The largest absolute Gasteiger partial charge is 0.324 e. The number of hydrogen-bond acceptors (Lipinski definition) is 7. The van der Waals surface area contributed by atoms with E-state index in [1.807, 2.05) is 0 Å². The van der Waals surface area contributed by atoms with E-state index in [4.69, 9.17) is 0 Å². The minimum Gasteiger partial charge on any atom is -0.296 e. The van der Waals surface area contributed by atoms with Crippen molar-refractivity contribution in [3.8, 4) is 0 Å². The highest BCUT2D eigenvalue weighted by atomic mass is 32.1. The number of hydrogen-bond donors (Lipinski definition) is 1. The number of nitrogens with one attached hydrogen (secondary N) is 1. The fourth-order valence-corrected chi connectivity index (χ4v) is 3.66. The fourth-order valence-electron chi connectivity index (χ4n) is 2.17. The summed E-state index contributed by atoms with van der Waals surface area (Å²) < 4.78 is 0. The molecule has 0 aliphatic carbocycles. The maximum Gasteiger partial charge on any atom is 0.324 e. The summed E-state index contributed by atoms with van der Waals surface area (Å²) in [6, 6.07) is 2.76. The van der Waals surface area contributed by atoms with E-state index in [2.05, 4.69) is 22.4 Å². The van der Waals surface area contributed by atoms with Gasteiger partial charge < -0.3 is 0 Å². The highest BCUT2D eigenvalue weighted by Crippen LogP contribution is 2.25. The van der Waals surface area contributed by atoms with E-state index in [0.717, 1.165) is 29.2 Å². The number of aryl methyl sites for hydroxylation is 1. The smallest absolute Gasteiger partial charge is 0.296 e. The molecule has 0 aliphatic heterocycles. The van der Waals surface area contributed by atoms with Crippen LogP contribution in [0.3, 0.4) is 0 Å². The van der Waals surface area contributed by atoms with Gasteiger partial charge in [-0.25, -0.2) is 0 Å². The number of carbonyl (C=O) groups is 1. The van der Waals surface area contributed by atoms with E-state index in [1.165, 1.54) is 55.6 Å². The van der Waals surface area contributed by atoms with Crippen LogP contribution in [0, 0.1) is 10.1 Å². The molecule has 7 nitrogen and oxygen atoms in total. The maximum atomic E-state index is 12.0. The van der Waals surface area contributed by atoms with Gasteiger partial charge in [0.1, 0.15) is 5.01 Å². The van der Waals surface area contributed by atoms with Crippen molar-refractivity contribution in [1.29, 1.82) is 0 Å². The highest BCUT2D eigenvalue weighted by molar-refractivity contribution is 7.17. The lowest BCUT2D eigenvalue weighted by Gasteiger charge is -1.98. The maximum absolute atomic E-state index is 12.0. The van der Waals surface area contributed by atoms with Gasteiger partial charge in [-0.15, -0.1) is 10.2 Å². The van der Waals surface area contributed by atoms with Crippen LogP contribution in [0.1, 0.15) is 60.1 Å². The third-order valence-corrected chi connectivity index (χ3v) is 5.36. The van der Waals surface area contributed by atoms with Gasteiger partial charge in [-0.2, -0.15) is 0 Å². The van der Waals surface area contributed by atoms with Gasteiger partial charge in [0.05, 0.1) is 9.80 Å². The monoisotopic (exact) mass is 368 g/mol. The molecule has 0 saturated heterocycles. The van der Waals surface area contributed by atoms with E-state index in [9.17, 15) is 14.9 Å². The van der Waals surface area contributed by atoms with Crippen LogP contribution in [0.25, 0.3) is 0 Å². The molecule has 0 bridgehead atoms. The number of thiophene rings is 1. The molecule has 2 aromatic rings. The van der Waals surface area contributed by atoms with E-state index in [0.29, 0.717) is 5.13 Å². The molecular formula is C15H20N4O3S2. The highest BCUT2D eigenvalue weighted by Gasteiger charge is 2.16. The van der Waals surface area contributed by atoms with Crippen molar-refractivity contribution >= 4 is 38.7 Å². The molecule has 0 unspecified atom stereocenters. The molecule has 0 aliphatic rings. The number of rotatable bonds is 10. The number of nitro groups is 1. The number of nitrogens with zero attached hydrogens (tertiary/aromatic N) is 3. The molecule has 130 valence electrons. The molecule has 9 heteroatoms. The average molecular weight is 368 g/mol. The Hall–Kier alpha value is -1.87. The van der Waals surface area contributed by atoms with Crippen LogP contribution in [-0.4, -0.2) is 21.0 Å². The van der Waals surface area contributed by atoms with Crippen LogP contribution < -0.4 is 5.32 Å². The van der Waals surface area contributed by atoms with Gasteiger partial charge in [0.15, 0.2) is 0 Å². The van der Waals surface area contributed by atoms with E-state index < -0.39 is 10.8 Å². The summed E-state index contributed by atoms with van der Waals surface area (Å²) in [6.07, 6.45) is 8.17. The molecule has 1 N–H and O–H groups in total. The summed E-state index contributed by atoms with van der Waals surface area (Å²) in [6.45, 7) is 2.20. The predicted octanol–water partition coefficient (Wildman–Crippen LogP) is 4.66. The van der Waals surface area contributed by atoms with Crippen molar-refractivity contribution in [1.82, 2.24) is 10.2 Å². The summed E-state index contributed by atoms with van der Waals surface area (Å²) >= 11 is 2.20. The van der Waals surface area contributed by atoms with E-state index >= 15 is 0 Å². The third-order valence-electron chi connectivity index (χ3n) is 3.43. The quantitative estimate of drug-likeness (QED) is 0.373. The minimum absolute atomic E-state index is 0.0545. The van der Waals surface area contributed by atoms with Gasteiger partial charge in [0.2, 0.25) is 5.13 Å². The van der Waals surface area contributed by atoms with Gasteiger partial charge in [0.25, 0.3) is 5.91 Å². The normalized spacial score (nSPS) is 10.7. The molecule has 24 heavy (non-hydrogen) atoms. The second-order valence-corrected chi connectivity index (χ2v) is 7.49. The molecule has 2 rings (SSSR count). The summed E-state index contributed by atoms with van der Waals surface area (Å²) in [5.41, 5.74) is 0. The number of anilines is 1. The van der Waals surface area contributed by atoms with Gasteiger partial charge >= 0.3 is 5.00 Å². The van der Waals surface area contributed by atoms with Crippen molar-refractivity contribution in [2.24, 2.45) is 0 Å². The summed E-state index contributed by atoms with van der Waals surface area (Å²) in [5, 5.41) is 22.6. The molecule has 2 aromatic heterocycles. The van der Waals surface area contributed by atoms with Crippen molar-refractivity contribution < 1.29 is 9.72 Å². The van der Waals surface area contributed by atoms with Crippen molar-refractivity contribution in [2.45, 2.75) is 51.9 Å². The zero-order chi connectivity index (χ0) is 17.4. The molecular weight excluding hydrogens is 348 g/mol. The Morgan fingerprint density at radius 1 is 1.17 bits per heavy atom. The zero-order valence-corrected chi connectivity index (χ0v) is 15.1. The Morgan fingerprint density at radius 3 is 2.62 bits per heavy atom. The topological polar surface area (TPSA) is 98.0 Å². The minimum atomic E-state index is -0.509. The van der Waals surface area contributed by atoms with Crippen LogP contribution in [0.2, 0.25) is 0 Å². The van der Waals surface area contributed by atoms with Gasteiger partial charge in [-0.1, -0.05) is 61.7 Å². The van der Waals surface area contributed by atoms with Crippen LogP contribution in [0.4, 0.5) is 10.1 Å². The predicted molar refractivity (Wildman–Crippen MR) is 95.9 cm³/mol. The van der Waals surface area contributed by atoms with Gasteiger partial charge in [-0.05, 0) is 12.5 Å². The summed E-state index contributed by atoms with van der Waals surface area (Å²) in [7, 11) is 0. The Morgan fingerprint density at radius 2 is 1.92 bits per heavy atom. The van der Waals surface area contributed by atoms with Crippen molar-refractivity contribution in [3.63, 3.8) is 0 Å². The number of carbonyl (C=O) groups excluding carboxylic acids is 1. The van der Waals surface area contributed by atoms with Crippen LogP contribution >= 0.6 is 22.7 Å². The first-order chi connectivity index (χ1) is 11.6.